The van der Waals surface area contributed by atoms with Gasteiger partial charge in [0.05, 0.1) is 11.0 Å². The lowest BCUT2D eigenvalue weighted by Gasteiger charge is -2.06. The van der Waals surface area contributed by atoms with Crippen LogP contribution in [0.1, 0.15) is 36.3 Å². The lowest BCUT2D eigenvalue weighted by Crippen LogP contribution is -2.25. The minimum atomic E-state index is -0.189. The average molecular weight is 349 g/mol. The SMILES string of the molecule is O=C(CCCc1ccc2[nH]c(=O)[nH]c2c1)NC[C@H]1C[C@@H]1c1ccccc1. The van der Waals surface area contributed by atoms with Crippen LogP contribution in [0.25, 0.3) is 11.0 Å². The summed E-state index contributed by atoms with van der Waals surface area (Å²) in [5.74, 6) is 1.31. The van der Waals surface area contributed by atoms with Crippen molar-refractivity contribution in [3.8, 4) is 0 Å². The van der Waals surface area contributed by atoms with E-state index in [1.807, 2.05) is 24.3 Å². The number of rotatable bonds is 7. The Kier molecular flexibility index (Phi) is 4.61. The van der Waals surface area contributed by atoms with Crippen molar-refractivity contribution in [2.75, 3.05) is 6.54 Å². The molecular weight excluding hydrogens is 326 g/mol. The van der Waals surface area contributed by atoms with Crippen molar-refractivity contribution in [2.24, 2.45) is 5.92 Å². The fourth-order valence-corrected chi connectivity index (χ4v) is 3.60. The third kappa shape index (κ3) is 3.87. The number of amides is 1. The number of nitrogens with one attached hydrogen (secondary N) is 3. The van der Waals surface area contributed by atoms with Crippen molar-refractivity contribution in [2.45, 2.75) is 31.6 Å². The van der Waals surface area contributed by atoms with Crippen LogP contribution in [0.4, 0.5) is 0 Å². The average Bonchev–Trinajstić information content (AvgIpc) is 3.33. The number of hydrogen-bond donors (Lipinski definition) is 3. The molecule has 26 heavy (non-hydrogen) atoms. The maximum absolute atomic E-state index is 12.1. The minimum absolute atomic E-state index is 0.125. The number of aromatic amines is 2. The van der Waals surface area contributed by atoms with E-state index in [0.29, 0.717) is 18.3 Å². The molecule has 5 heteroatoms. The Morgan fingerprint density at radius 3 is 2.73 bits per heavy atom. The minimum Gasteiger partial charge on any atom is -0.356 e. The Bertz CT molecular complexity index is 958. The van der Waals surface area contributed by atoms with Gasteiger partial charge in [0.2, 0.25) is 5.91 Å². The second-order valence-electron chi connectivity index (χ2n) is 7.13. The summed E-state index contributed by atoms with van der Waals surface area (Å²) in [4.78, 5) is 28.8. The summed E-state index contributed by atoms with van der Waals surface area (Å²) in [5, 5.41) is 3.07. The highest BCUT2D eigenvalue weighted by Crippen LogP contribution is 2.46. The molecule has 2 aromatic carbocycles. The monoisotopic (exact) mass is 349 g/mol. The number of hydrogen-bond acceptors (Lipinski definition) is 2. The Labute approximate surface area is 151 Å². The molecule has 0 bridgehead atoms. The molecule has 0 saturated heterocycles. The molecule has 0 spiro atoms. The highest BCUT2D eigenvalue weighted by atomic mass is 16.1. The summed E-state index contributed by atoms with van der Waals surface area (Å²) in [6, 6.07) is 16.4. The molecular formula is C21H23N3O2. The first-order valence-corrected chi connectivity index (χ1v) is 9.21. The number of H-pyrrole nitrogens is 2. The van der Waals surface area contributed by atoms with Gasteiger partial charge in [0.25, 0.3) is 0 Å². The number of carbonyl (C=O) groups is 1. The van der Waals surface area contributed by atoms with Crippen LogP contribution in [0, 0.1) is 5.92 Å². The standard InChI is InChI=1S/C21H23N3O2/c25-20(22-13-16-12-17(16)15-6-2-1-3-7-15)8-4-5-14-9-10-18-19(11-14)24-21(26)23-18/h1-3,6-7,9-11,16-17H,4-5,8,12-13H2,(H,22,25)(H2,23,24,26)/t16-,17-/m1/s1. The van der Waals surface area contributed by atoms with E-state index in [4.69, 9.17) is 0 Å². The first kappa shape index (κ1) is 16.6. The second-order valence-corrected chi connectivity index (χ2v) is 7.13. The van der Waals surface area contributed by atoms with Crippen molar-refractivity contribution < 1.29 is 4.79 Å². The van der Waals surface area contributed by atoms with Crippen molar-refractivity contribution in [1.82, 2.24) is 15.3 Å². The molecule has 1 aliphatic carbocycles. The summed E-state index contributed by atoms with van der Waals surface area (Å²) < 4.78 is 0. The third-order valence-corrected chi connectivity index (χ3v) is 5.16. The summed E-state index contributed by atoms with van der Waals surface area (Å²) in [6.07, 6.45) is 3.33. The lowest BCUT2D eigenvalue weighted by molar-refractivity contribution is -0.121. The molecule has 3 N–H and O–H groups in total. The molecule has 3 aromatic rings. The molecule has 0 unspecified atom stereocenters. The Morgan fingerprint density at radius 2 is 1.88 bits per heavy atom. The van der Waals surface area contributed by atoms with E-state index in [9.17, 15) is 9.59 Å². The lowest BCUT2D eigenvalue weighted by atomic mass is 10.1. The summed E-state index contributed by atoms with van der Waals surface area (Å²) >= 11 is 0. The Hall–Kier alpha value is -2.82. The van der Waals surface area contributed by atoms with Gasteiger partial charge in [-0.2, -0.15) is 0 Å². The molecule has 2 atom stereocenters. The van der Waals surface area contributed by atoms with Crippen LogP contribution in [0.15, 0.2) is 53.3 Å². The zero-order valence-electron chi connectivity index (χ0n) is 14.6. The maximum atomic E-state index is 12.1. The zero-order chi connectivity index (χ0) is 17.9. The van der Waals surface area contributed by atoms with E-state index in [-0.39, 0.29) is 11.6 Å². The van der Waals surface area contributed by atoms with Crippen molar-refractivity contribution >= 4 is 16.9 Å². The van der Waals surface area contributed by atoms with Crippen LogP contribution in [0.3, 0.4) is 0 Å². The molecule has 1 saturated carbocycles. The predicted octanol–water partition coefficient (Wildman–Crippen LogP) is 3.10. The van der Waals surface area contributed by atoms with Gasteiger partial charge in [-0.1, -0.05) is 36.4 Å². The van der Waals surface area contributed by atoms with Crippen molar-refractivity contribution in [3.63, 3.8) is 0 Å². The van der Waals surface area contributed by atoms with Gasteiger partial charge in [0, 0.05) is 13.0 Å². The number of benzene rings is 2. The molecule has 134 valence electrons. The van der Waals surface area contributed by atoms with E-state index < -0.39 is 0 Å². The van der Waals surface area contributed by atoms with E-state index in [0.717, 1.165) is 36.0 Å². The molecule has 5 nitrogen and oxygen atoms in total. The number of fused-ring (bicyclic) bond motifs is 1. The molecule has 1 aliphatic rings. The quantitative estimate of drug-likeness (QED) is 0.613. The molecule has 1 aromatic heterocycles. The van der Waals surface area contributed by atoms with Crippen molar-refractivity contribution in [1.29, 1.82) is 0 Å². The van der Waals surface area contributed by atoms with E-state index >= 15 is 0 Å². The smallest absolute Gasteiger partial charge is 0.323 e. The molecule has 1 heterocycles. The van der Waals surface area contributed by atoms with Gasteiger partial charge in [0.1, 0.15) is 0 Å². The van der Waals surface area contributed by atoms with Gasteiger partial charge in [-0.3, -0.25) is 4.79 Å². The fourth-order valence-electron chi connectivity index (χ4n) is 3.60. The van der Waals surface area contributed by atoms with E-state index in [1.54, 1.807) is 0 Å². The fraction of sp³-hybridized carbons (Fsp3) is 0.333. The molecule has 0 radical (unpaired) electrons. The van der Waals surface area contributed by atoms with Crippen LogP contribution < -0.4 is 11.0 Å². The van der Waals surface area contributed by atoms with Crippen LogP contribution in [0.2, 0.25) is 0 Å². The third-order valence-electron chi connectivity index (χ3n) is 5.16. The maximum Gasteiger partial charge on any atom is 0.323 e. The van der Waals surface area contributed by atoms with Crippen LogP contribution in [-0.2, 0) is 11.2 Å². The van der Waals surface area contributed by atoms with E-state index in [2.05, 4.69) is 39.6 Å². The van der Waals surface area contributed by atoms with Gasteiger partial charge in [-0.05, 0) is 54.4 Å². The first-order chi connectivity index (χ1) is 12.7. The molecule has 1 fully saturated rings. The van der Waals surface area contributed by atoms with Gasteiger partial charge in [-0.15, -0.1) is 0 Å². The van der Waals surface area contributed by atoms with Crippen LogP contribution in [-0.4, -0.2) is 22.4 Å². The molecule has 0 aliphatic heterocycles. The second kappa shape index (κ2) is 7.20. The van der Waals surface area contributed by atoms with Crippen molar-refractivity contribution in [3.05, 3.63) is 70.1 Å². The number of imidazole rings is 1. The zero-order valence-corrected chi connectivity index (χ0v) is 14.6. The topological polar surface area (TPSA) is 77.8 Å². The van der Waals surface area contributed by atoms with Gasteiger partial charge in [0.15, 0.2) is 0 Å². The number of aromatic nitrogens is 2. The van der Waals surface area contributed by atoms with Gasteiger partial charge >= 0.3 is 5.69 Å². The van der Waals surface area contributed by atoms with E-state index in [1.165, 1.54) is 12.0 Å². The summed E-state index contributed by atoms with van der Waals surface area (Å²) in [7, 11) is 0. The van der Waals surface area contributed by atoms with Gasteiger partial charge < -0.3 is 15.3 Å². The number of aryl methyl sites for hydroxylation is 1. The summed E-state index contributed by atoms with van der Waals surface area (Å²) in [6.45, 7) is 0.773. The van der Waals surface area contributed by atoms with Crippen LogP contribution >= 0.6 is 0 Å². The molecule has 1 amide bonds. The van der Waals surface area contributed by atoms with Crippen LogP contribution in [0.5, 0.6) is 0 Å². The Balaban J connectivity index is 1.19. The van der Waals surface area contributed by atoms with Gasteiger partial charge in [-0.25, -0.2) is 4.79 Å². The predicted molar refractivity (Wildman–Crippen MR) is 102 cm³/mol. The Morgan fingerprint density at radius 1 is 1.08 bits per heavy atom. The largest absolute Gasteiger partial charge is 0.356 e. The molecule has 4 rings (SSSR count). The summed E-state index contributed by atoms with van der Waals surface area (Å²) in [5.41, 5.74) is 3.95. The highest BCUT2D eigenvalue weighted by Gasteiger charge is 2.37. The first-order valence-electron chi connectivity index (χ1n) is 9.21. The normalized spacial score (nSPS) is 18.8. The number of carbonyl (C=O) groups excluding carboxylic acids is 1. The highest BCUT2D eigenvalue weighted by molar-refractivity contribution is 5.76.